The molecular weight excluding hydrogens is 371 g/mol. The molecule has 0 bridgehead atoms. The number of alkyl halides is 3. The maximum Gasteiger partial charge on any atom is 0.416 e. The SMILES string of the molecule is O=C(OCC1CCCCC1)C1CCN(C(=O)c2ccc(C(F)(F)F)cc2)CC1. The van der Waals surface area contributed by atoms with Crippen molar-refractivity contribution in [3.63, 3.8) is 0 Å². The fourth-order valence-electron chi connectivity index (χ4n) is 3.97. The molecule has 0 unspecified atom stereocenters. The Hall–Kier alpha value is -2.05. The van der Waals surface area contributed by atoms with Crippen LogP contribution in [0.2, 0.25) is 0 Å². The smallest absolute Gasteiger partial charge is 0.416 e. The number of halogens is 3. The van der Waals surface area contributed by atoms with Crippen LogP contribution in [0.4, 0.5) is 13.2 Å². The highest BCUT2D eigenvalue weighted by molar-refractivity contribution is 5.94. The first-order valence-corrected chi connectivity index (χ1v) is 9.98. The number of hydrogen-bond donors (Lipinski definition) is 0. The van der Waals surface area contributed by atoms with E-state index < -0.39 is 11.7 Å². The minimum absolute atomic E-state index is 0.188. The molecule has 2 fully saturated rings. The van der Waals surface area contributed by atoms with Crippen LogP contribution in [0, 0.1) is 11.8 Å². The van der Waals surface area contributed by atoms with E-state index in [4.69, 9.17) is 4.74 Å². The zero-order valence-corrected chi connectivity index (χ0v) is 15.8. The van der Waals surface area contributed by atoms with Crippen LogP contribution < -0.4 is 0 Å². The molecule has 28 heavy (non-hydrogen) atoms. The van der Waals surface area contributed by atoms with Crippen LogP contribution in [0.15, 0.2) is 24.3 Å². The summed E-state index contributed by atoms with van der Waals surface area (Å²) >= 11 is 0. The number of nitrogens with zero attached hydrogens (tertiary/aromatic N) is 1. The highest BCUT2D eigenvalue weighted by atomic mass is 19.4. The molecule has 1 heterocycles. The van der Waals surface area contributed by atoms with E-state index in [1.54, 1.807) is 4.90 Å². The summed E-state index contributed by atoms with van der Waals surface area (Å²) in [4.78, 5) is 26.4. The normalized spacial score (nSPS) is 19.5. The first kappa shape index (κ1) is 20.7. The lowest BCUT2D eigenvalue weighted by Gasteiger charge is -2.31. The number of likely N-dealkylation sites (tertiary alicyclic amines) is 1. The van der Waals surface area contributed by atoms with Gasteiger partial charge in [0.25, 0.3) is 5.91 Å². The summed E-state index contributed by atoms with van der Waals surface area (Å²) in [5.41, 5.74) is -0.546. The molecule has 1 amide bonds. The van der Waals surface area contributed by atoms with E-state index in [1.807, 2.05) is 0 Å². The van der Waals surface area contributed by atoms with Crippen molar-refractivity contribution in [3.8, 4) is 0 Å². The van der Waals surface area contributed by atoms with Gasteiger partial charge in [-0.05, 0) is 55.9 Å². The summed E-state index contributed by atoms with van der Waals surface area (Å²) in [6, 6.07) is 4.25. The zero-order valence-electron chi connectivity index (χ0n) is 15.8. The maximum absolute atomic E-state index is 12.6. The molecule has 1 saturated heterocycles. The molecule has 3 rings (SSSR count). The summed E-state index contributed by atoms with van der Waals surface area (Å²) in [5.74, 6) is -0.228. The van der Waals surface area contributed by atoms with Crippen molar-refractivity contribution >= 4 is 11.9 Å². The van der Waals surface area contributed by atoms with Crippen LogP contribution in [0.3, 0.4) is 0 Å². The van der Waals surface area contributed by atoms with Crippen LogP contribution in [0.5, 0.6) is 0 Å². The lowest BCUT2D eigenvalue weighted by Crippen LogP contribution is -2.40. The van der Waals surface area contributed by atoms with Crippen LogP contribution >= 0.6 is 0 Å². The average molecular weight is 397 g/mol. The molecule has 1 aromatic rings. The molecule has 1 aliphatic carbocycles. The monoisotopic (exact) mass is 397 g/mol. The van der Waals surface area contributed by atoms with E-state index in [2.05, 4.69) is 0 Å². The highest BCUT2D eigenvalue weighted by Gasteiger charge is 2.32. The minimum Gasteiger partial charge on any atom is -0.465 e. The van der Waals surface area contributed by atoms with Crippen molar-refractivity contribution in [1.82, 2.24) is 4.90 Å². The fraction of sp³-hybridized carbons (Fsp3) is 0.619. The fourth-order valence-corrected chi connectivity index (χ4v) is 3.97. The molecule has 0 N–H and O–H groups in total. The number of esters is 1. The van der Waals surface area contributed by atoms with Crippen molar-refractivity contribution in [2.45, 2.75) is 51.1 Å². The number of carbonyl (C=O) groups excluding carboxylic acids is 2. The number of ether oxygens (including phenoxy) is 1. The van der Waals surface area contributed by atoms with Crippen LogP contribution in [0.25, 0.3) is 0 Å². The standard InChI is InChI=1S/C21H26F3NO3/c22-21(23,24)18-8-6-16(7-9-18)19(26)25-12-10-17(11-13-25)20(27)28-14-15-4-2-1-3-5-15/h6-9,15,17H,1-5,10-14H2. The van der Waals surface area contributed by atoms with Gasteiger partial charge in [-0.25, -0.2) is 0 Å². The third-order valence-corrected chi connectivity index (χ3v) is 5.76. The number of piperidine rings is 1. The van der Waals surface area contributed by atoms with Gasteiger partial charge < -0.3 is 9.64 Å². The van der Waals surface area contributed by atoms with Gasteiger partial charge in [0, 0.05) is 18.7 Å². The van der Waals surface area contributed by atoms with E-state index in [0.717, 1.165) is 25.0 Å². The van der Waals surface area contributed by atoms with Crippen molar-refractivity contribution < 1.29 is 27.5 Å². The first-order chi connectivity index (χ1) is 13.3. The lowest BCUT2D eigenvalue weighted by molar-refractivity contribution is -0.151. The van der Waals surface area contributed by atoms with Gasteiger partial charge in [-0.3, -0.25) is 9.59 Å². The summed E-state index contributed by atoms with van der Waals surface area (Å²) in [6.07, 6.45) is 2.53. The van der Waals surface area contributed by atoms with E-state index >= 15 is 0 Å². The van der Waals surface area contributed by atoms with Crippen molar-refractivity contribution in [1.29, 1.82) is 0 Å². The van der Waals surface area contributed by atoms with Gasteiger partial charge in [0.2, 0.25) is 0 Å². The van der Waals surface area contributed by atoms with Gasteiger partial charge in [0.15, 0.2) is 0 Å². The first-order valence-electron chi connectivity index (χ1n) is 9.98. The Morgan fingerprint density at radius 2 is 1.57 bits per heavy atom. The average Bonchev–Trinajstić information content (AvgIpc) is 2.72. The topological polar surface area (TPSA) is 46.6 Å². The van der Waals surface area contributed by atoms with Crippen LogP contribution in [-0.2, 0) is 15.7 Å². The Labute approximate surface area is 163 Å². The second-order valence-electron chi connectivity index (χ2n) is 7.78. The molecule has 0 radical (unpaired) electrons. The molecule has 2 aliphatic rings. The van der Waals surface area contributed by atoms with Gasteiger partial charge in [-0.2, -0.15) is 13.2 Å². The summed E-state index contributed by atoms with van der Waals surface area (Å²) < 4.78 is 43.4. The third-order valence-electron chi connectivity index (χ3n) is 5.76. The van der Waals surface area contributed by atoms with Crippen LogP contribution in [-0.4, -0.2) is 36.5 Å². The predicted octanol–water partition coefficient (Wildman–Crippen LogP) is 4.68. The van der Waals surface area contributed by atoms with E-state index in [0.29, 0.717) is 38.5 Å². The Kier molecular flexibility index (Phi) is 6.62. The van der Waals surface area contributed by atoms with Gasteiger partial charge >= 0.3 is 12.1 Å². The molecule has 0 atom stereocenters. The second kappa shape index (κ2) is 8.97. The zero-order chi connectivity index (χ0) is 20.1. The largest absolute Gasteiger partial charge is 0.465 e. The third kappa shape index (κ3) is 5.26. The van der Waals surface area contributed by atoms with Gasteiger partial charge in [-0.1, -0.05) is 19.3 Å². The molecular formula is C21H26F3NO3. The Morgan fingerprint density at radius 1 is 0.964 bits per heavy atom. The van der Waals surface area contributed by atoms with Gasteiger partial charge in [0.05, 0.1) is 18.1 Å². The van der Waals surface area contributed by atoms with Crippen molar-refractivity contribution in [2.24, 2.45) is 11.8 Å². The van der Waals surface area contributed by atoms with Crippen LogP contribution in [0.1, 0.15) is 60.9 Å². The summed E-state index contributed by atoms with van der Waals surface area (Å²) in [7, 11) is 0. The predicted molar refractivity (Wildman–Crippen MR) is 97.6 cm³/mol. The molecule has 1 saturated carbocycles. The molecule has 1 aliphatic heterocycles. The summed E-state index contributed by atoms with van der Waals surface area (Å²) in [5, 5.41) is 0. The Bertz CT molecular complexity index is 673. The van der Waals surface area contributed by atoms with E-state index in [-0.39, 0.29) is 23.4 Å². The van der Waals surface area contributed by atoms with Gasteiger partial charge in [-0.15, -0.1) is 0 Å². The Balaban J connectivity index is 1.46. The number of carbonyl (C=O) groups is 2. The lowest BCUT2D eigenvalue weighted by atomic mass is 9.90. The molecule has 0 aromatic heterocycles. The number of rotatable bonds is 4. The quantitative estimate of drug-likeness (QED) is 0.693. The molecule has 154 valence electrons. The number of amides is 1. The Morgan fingerprint density at radius 3 is 2.14 bits per heavy atom. The van der Waals surface area contributed by atoms with Crippen molar-refractivity contribution in [2.75, 3.05) is 19.7 Å². The minimum atomic E-state index is -4.42. The van der Waals surface area contributed by atoms with E-state index in [9.17, 15) is 22.8 Å². The second-order valence-corrected chi connectivity index (χ2v) is 7.78. The number of benzene rings is 1. The van der Waals surface area contributed by atoms with Gasteiger partial charge in [0.1, 0.15) is 0 Å². The van der Waals surface area contributed by atoms with E-state index in [1.165, 1.54) is 31.4 Å². The molecule has 7 heteroatoms. The highest BCUT2D eigenvalue weighted by Crippen LogP contribution is 2.30. The summed E-state index contributed by atoms with van der Waals surface area (Å²) in [6.45, 7) is 1.30. The molecule has 4 nitrogen and oxygen atoms in total. The molecule has 0 spiro atoms. The molecule has 1 aromatic carbocycles. The number of hydrogen-bond acceptors (Lipinski definition) is 3. The van der Waals surface area contributed by atoms with Crippen molar-refractivity contribution in [3.05, 3.63) is 35.4 Å². The maximum atomic E-state index is 12.6.